The third kappa shape index (κ3) is 7.62. The van der Waals surface area contributed by atoms with Crippen LogP contribution >= 0.6 is 24.0 Å². The zero-order valence-corrected chi connectivity index (χ0v) is 18.3. The van der Waals surface area contributed by atoms with Gasteiger partial charge in [0.1, 0.15) is 5.75 Å². The first-order valence-corrected chi connectivity index (χ1v) is 8.72. The SMILES string of the molecule is CCNC(=NCc1ccc(OCC)c(F)c1)NCc1ccc(OC)cc1.I. The zero-order valence-electron chi connectivity index (χ0n) is 15.9. The summed E-state index contributed by atoms with van der Waals surface area (Å²) in [4.78, 5) is 4.51. The summed E-state index contributed by atoms with van der Waals surface area (Å²) in [6, 6.07) is 12.8. The molecule has 0 aliphatic rings. The molecule has 0 unspecified atom stereocenters. The first-order valence-electron chi connectivity index (χ1n) is 8.72. The van der Waals surface area contributed by atoms with Crippen molar-refractivity contribution in [1.82, 2.24) is 10.6 Å². The topological polar surface area (TPSA) is 54.9 Å². The van der Waals surface area contributed by atoms with Crippen LogP contribution in [0.4, 0.5) is 4.39 Å². The normalized spacial score (nSPS) is 10.7. The van der Waals surface area contributed by atoms with E-state index in [4.69, 9.17) is 9.47 Å². The van der Waals surface area contributed by atoms with Gasteiger partial charge in [-0.25, -0.2) is 9.38 Å². The van der Waals surface area contributed by atoms with Gasteiger partial charge in [0.25, 0.3) is 0 Å². The van der Waals surface area contributed by atoms with Crippen LogP contribution in [0, 0.1) is 5.82 Å². The molecular formula is C20H27FIN3O2. The van der Waals surface area contributed by atoms with Crippen molar-refractivity contribution in [2.75, 3.05) is 20.3 Å². The standard InChI is InChI=1S/C20H26FN3O2.HI/c1-4-22-20(23-13-15-6-9-17(25-3)10-7-15)24-14-16-8-11-19(26-5-2)18(21)12-16;/h6-12H,4-5,13-14H2,1-3H3,(H2,22,23,24);1H. The van der Waals surface area contributed by atoms with Gasteiger partial charge >= 0.3 is 0 Å². The molecule has 7 heteroatoms. The Hall–Kier alpha value is -2.03. The number of aliphatic imine (C=N–C) groups is 1. The molecular weight excluding hydrogens is 460 g/mol. The van der Waals surface area contributed by atoms with Gasteiger partial charge in [0.2, 0.25) is 0 Å². The van der Waals surface area contributed by atoms with E-state index in [1.807, 2.05) is 44.2 Å². The Morgan fingerprint density at radius 3 is 2.33 bits per heavy atom. The maximum Gasteiger partial charge on any atom is 0.191 e. The van der Waals surface area contributed by atoms with Gasteiger partial charge in [-0.05, 0) is 49.2 Å². The number of halogens is 2. The van der Waals surface area contributed by atoms with Crippen molar-refractivity contribution in [3.63, 3.8) is 0 Å². The van der Waals surface area contributed by atoms with Gasteiger partial charge in [0.05, 0.1) is 20.3 Å². The summed E-state index contributed by atoms with van der Waals surface area (Å²) >= 11 is 0. The van der Waals surface area contributed by atoms with Crippen LogP contribution in [0.2, 0.25) is 0 Å². The number of ether oxygens (including phenoxy) is 2. The van der Waals surface area contributed by atoms with Crippen molar-refractivity contribution in [1.29, 1.82) is 0 Å². The van der Waals surface area contributed by atoms with Gasteiger partial charge in [-0.15, -0.1) is 24.0 Å². The molecule has 0 atom stereocenters. The summed E-state index contributed by atoms with van der Waals surface area (Å²) in [5.74, 6) is 1.41. The smallest absolute Gasteiger partial charge is 0.191 e. The number of benzene rings is 2. The second kappa shape index (κ2) is 12.4. The van der Waals surface area contributed by atoms with E-state index in [9.17, 15) is 4.39 Å². The van der Waals surface area contributed by atoms with Crippen LogP contribution in [-0.2, 0) is 13.1 Å². The minimum absolute atomic E-state index is 0. The lowest BCUT2D eigenvalue weighted by atomic mass is 10.2. The van der Waals surface area contributed by atoms with E-state index >= 15 is 0 Å². The van der Waals surface area contributed by atoms with Crippen LogP contribution in [0.25, 0.3) is 0 Å². The highest BCUT2D eigenvalue weighted by atomic mass is 127. The van der Waals surface area contributed by atoms with Gasteiger partial charge < -0.3 is 20.1 Å². The van der Waals surface area contributed by atoms with Crippen LogP contribution in [-0.4, -0.2) is 26.2 Å². The van der Waals surface area contributed by atoms with E-state index in [-0.39, 0.29) is 35.5 Å². The van der Waals surface area contributed by atoms with E-state index in [1.54, 1.807) is 13.2 Å². The number of nitrogens with one attached hydrogen (secondary N) is 2. The molecule has 0 amide bonds. The predicted octanol–water partition coefficient (Wildman–Crippen LogP) is 4.11. The summed E-state index contributed by atoms with van der Waals surface area (Å²) in [6.45, 7) is 6.02. The summed E-state index contributed by atoms with van der Waals surface area (Å²) in [5, 5.41) is 6.46. The van der Waals surface area contributed by atoms with Gasteiger partial charge in [-0.2, -0.15) is 0 Å². The molecule has 5 nitrogen and oxygen atoms in total. The van der Waals surface area contributed by atoms with Crippen molar-refractivity contribution >= 4 is 29.9 Å². The Bertz CT molecular complexity index is 724. The first-order chi connectivity index (χ1) is 12.7. The quantitative estimate of drug-likeness (QED) is 0.335. The van der Waals surface area contributed by atoms with Crippen molar-refractivity contribution in [2.24, 2.45) is 4.99 Å². The highest BCUT2D eigenvalue weighted by molar-refractivity contribution is 14.0. The third-order valence-corrected chi connectivity index (χ3v) is 3.68. The Balaban J connectivity index is 0.00000364. The number of guanidine groups is 1. The Labute approximate surface area is 177 Å². The number of nitrogens with zero attached hydrogens (tertiary/aromatic N) is 1. The molecule has 0 bridgehead atoms. The molecule has 0 saturated carbocycles. The first kappa shape index (κ1) is 23.0. The molecule has 0 aliphatic heterocycles. The van der Waals surface area contributed by atoms with E-state index in [0.717, 1.165) is 23.4 Å². The fraction of sp³-hybridized carbons (Fsp3) is 0.350. The lowest BCUT2D eigenvalue weighted by Crippen LogP contribution is -2.36. The second-order valence-corrected chi connectivity index (χ2v) is 5.59. The van der Waals surface area contributed by atoms with E-state index in [1.165, 1.54) is 6.07 Å². The molecule has 0 fully saturated rings. The van der Waals surface area contributed by atoms with Crippen LogP contribution in [0.15, 0.2) is 47.5 Å². The average molecular weight is 487 g/mol. The second-order valence-electron chi connectivity index (χ2n) is 5.59. The molecule has 0 aromatic heterocycles. The summed E-state index contributed by atoms with van der Waals surface area (Å²) < 4.78 is 24.3. The lowest BCUT2D eigenvalue weighted by Gasteiger charge is -2.12. The molecule has 2 aromatic rings. The molecule has 27 heavy (non-hydrogen) atoms. The number of hydrogen-bond donors (Lipinski definition) is 2. The third-order valence-electron chi connectivity index (χ3n) is 3.68. The Kier molecular flexibility index (Phi) is 10.5. The fourth-order valence-corrected chi connectivity index (χ4v) is 2.36. The van der Waals surface area contributed by atoms with E-state index in [0.29, 0.717) is 25.7 Å². The maximum atomic E-state index is 13.9. The molecule has 0 saturated heterocycles. The van der Waals surface area contributed by atoms with Gasteiger partial charge in [-0.3, -0.25) is 0 Å². The van der Waals surface area contributed by atoms with Gasteiger partial charge in [-0.1, -0.05) is 18.2 Å². The largest absolute Gasteiger partial charge is 0.497 e. The molecule has 0 aliphatic carbocycles. The Morgan fingerprint density at radius 2 is 1.74 bits per heavy atom. The molecule has 0 radical (unpaired) electrons. The molecule has 2 aromatic carbocycles. The predicted molar refractivity (Wildman–Crippen MR) is 118 cm³/mol. The molecule has 0 spiro atoms. The Morgan fingerprint density at radius 1 is 1.04 bits per heavy atom. The number of rotatable bonds is 8. The van der Waals surface area contributed by atoms with Crippen molar-refractivity contribution in [3.8, 4) is 11.5 Å². The molecule has 2 N–H and O–H groups in total. The monoisotopic (exact) mass is 487 g/mol. The summed E-state index contributed by atoms with van der Waals surface area (Å²) in [6.07, 6.45) is 0. The van der Waals surface area contributed by atoms with Gasteiger partial charge in [0.15, 0.2) is 17.5 Å². The van der Waals surface area contributed by atoms with Crippen LogP contribution in [0.3, 0.4) is 0 Å². The highest BCUT2D eigenvalue weighted by Gasteiger charge is 2.05. The van der Waals surface area contributed by atoms with E-state index in [2.05, 4.69) is 15.6 Å². The van der Waals surface area contributed by atoms with Crippen LogP contribution in [0.5, 0.6) is 11.5 Å². The minimum Gasteiger partial charge on any atom is -0.497 e. The molecule has 148 valence electrons. The lowest BCUT2D eigenvalue weighted by molar-refractivity contribution is 0.321. The van der Waals surface area contributed by atoms with Crippen molar-refractivity contribution in [2.45, 2.75) is 26.9 Å². The summed E-state index contributed by atoms with van der Waals surface area (Å²) in [5.41, 5.74) is 1.90. The average Bonchev–Trinajstić information content (AvgIpc) is 2.66. The van der Waals surface area contributed by atoms with Crippen LogP contribution < -0.4 is 20.1 Å². The maximum absolute atomic E-state index is 13.9. The van der Waals surface area contributed by atoms with Crippen LogP contribution in [0.1, 0.15) is 25.0 Å². The fourth-order valence-electron chi connectivity index (χ4n) is 2.36. The van der Waals surface area contributed by atoms with Gasteiger partial charge in [0, 0.05) is 13.1 Å². The number of hydrogen-bond acceptors (Lipinski definition) is 3. The molecule has 2 rings (SSSR count). The zero-order chi connectivity index (χ0) is 18.8. The van der Waals surface area contributed by atoms with Crippen molar-refractivity contribution in [3.05, 3.63) is 59.4 Å². The number of methoxy groups -OCH3 is 1. The molecule has 0 heterocycles. The van der Waals surface area contributed by atoms with Crippen molar-refractivity contribution < 1.29 is 13.9 Å². The minimum atomic E-state index is -0.365. The highest BCUT2D eigenvalue weighted by Crippen LogP contribution is 2.18. The van der Waals surface area contributed by atoms with E-state index < -0.39 is 0 Å². The summed E-state index contributed by atoms with van der Waals surface area (Å²) in [7, 11) is 1.65.